The third kappa shape index (κ3) is 2.39. The van der Waals surface area contributed by atoms with Crippen molar-refractivity contribution in [1.29, 1.82) is 0 Å². The fraction of sp³-hybridized carbons (Fsp3) is 0.263. The molecule has 0 fully saturated rings. The van der Waals surface area contributed by atoms with Crippen molar-refractivity contribution < 1.29 is 14.3 Å². The van der Waals surface area contributed by atoms with Crippen LogP contribution in [0.2, 0.25) is 0 Å². The molecule has 2 aliphatic rings. The fourth-order valence-electron chi connectivity index (χ4n) is 3.62. The highest BCUT2D eigenvalue weighted by molar-refractivity contribution is 7.10. The van der Waals surface area contributed by atoms with Gasteiger partial charge in [0.2, 0.25) is 6.79 Å². The summed E-state index contributed by atoms with van der Waals surface area (Å²) in [6.07, 6.45) is 1.82. The molecule has 1 aliphatic carbocycles. The van der Waals surface area contributed by atoms with E-state index in [4.69, 9.17) is 9.47 Å². The molecule has 3 heterocycles. The number of thiophene rings is 1. The third-order valence-electron chi connectivity index (χ3n) is 4.85. The Morgan fingerprint density at radius 2 is 2.15 bits per heavy atom. The average Bonchev–Trinajstić information content (AvgIpc) is 3.36. The van der Waals surface area contributed by atoms with E-state index in [2.05, 4.69) is 21.9 Å². The molecular formula is C19H17N3O3S. The first-order chi connectivity index (χ1) is 12.7. The minimum Gasteiger partial charge on any atom is -0.454 e. The number of nitrogens with zero attached hydrogens (tertiary/aromatic N) is 2. The van der Waals surface area contributed by atoms with Crippen molar-refractivity contribution in [3.8, 4) is 22.8 Å². The maximum atomic E-state index is 12.7. The molecule has 1 aromatic carbocycles. The van der Waals surface area contributed by atoms with Crippen molar-refractivity contribution in [2.24, 2.45) is 7.05 Å². The molecule has 0 atom stereocenters. The fourth-order valence-corrected chi connectivity index (χ4v) is 4.50. The molecule has 1 amide bonds. The Balaban J connectivity index is 1.38. The van der Waals surface area contributed by atoms with Gasteiger partial charge in [0.25, 0.3) is 5.91 Å². The maximum absolute atomic E-state index is 12.7. The van der Waals surface area contributed by atoms with Crippen LogP contribution in [-0.4, -0.2) is 22.5 Å². The number of carbonyl (C=O) groups excluding carboxylic acids is 1. The van der Waals surface area contributed by atoms with Crippen LogP contribution in [0.1, 0.15) is 26.5 Å². The molecule has 0 saturated carbocycles. The van der Waals surface area contributed by atoms with Crippen LogP contribution in [0.3, 0.4) is 0 Å². The van der Waals surface area contributed by atoms with Crippen LogP contribution in [-0.2, 0) is 26.4 Å². The van der Waals surface area contributed by atoms with E-state index in [1.165, 1.54) is 10.4 Å². The number of nitrogens with one attached hydrogen (secondary N) is 1. The summed E-state index contributed by atoms with van der Waals surface area (Å²) in [6.45, 7) is 0.667. The van der Waals surface area contributed by atoms with Crippen LogP contribution >= 0.6 is 11.3 Å². The van der Waals surface area contributed by atoms with Gasteiger partial charge in [-0.15, -0.1) is 11.3 Å². The number of hydrogen-bond acceptors (Lipinski definition) is 5. The second-order valence-corrected chi connectivity index (χ2v) is 7.43. The van der Waals surface area contributed by atoms with Crippen LogP contribution in [0.5, 0.6) is 11.5 Å². The van der Waals surface area contributed by atoms with Gasteiger partial charge in [-0.3, -0.25) is 9.48 Å². The highest BCUT2D eigenvalue weighted by Crippen LogP contribution is 2.38. The zero-order chi connectivity index (χ0) is 17.7. The molecular weight excluding hydrogens is 350 g/mol. The van der Waals surface area contributed by atoms with Crippen molar-refractivity contribution in [1.82, 2.24) is 15.1 Å². The molecule has 1 aliphatic heterocycles. The van der Waals surface area contributed by atoms with Gasteiger partial charge in [0, 0.05) is 29.6 Å². The zero-order valence-corrected chi connectivity index (χ0v) is 15.1. The highest BCUT2D eigenvalue weighted by atomic mass is 32.1. The first-order valence-electron chi connectivity index (χ1n) is 8.50. The summed E-state index contributed by atoms with van der Waals surface area (Å²) < 4.78 is 12.5. The Morgan fingerprint density at radius 1 is 1.27 bits per heavy atom. The second-order valence-electron chi connectivity index (χ2n) is 6.43. The van der Waals surface area contributed by atoms with Crippen molar-refractivity contribution in [2.75, 3.05) is 6.79 Å². The monoisotopic (exact) mass is 367 g/mol. The van der Waals surface area contributed by atoms with Gasteiger partial charge in [0.15, 0.2) is 17.2 Å². The van der Waals surface area contributed by atoms with Crippen molar-refractivity contribution in [3.05, 3.63) is 51.3 Å². The van der Waals surface area contributed by atoms with Gasteiger partial charge in [-0.05, 0) is 42.0 Å². The van der Waals surface area contributed by atoms with Crippen LogP contribution in [0.15, 0.2) is 29.6 Å². The summed E-state index contributed by atoms with van der Waals surface area (Å²) in [5.41, 5.74) is 4.82. The lowest BCUT2D eigenvalue weighted by Gasteiger charge is -2.13. The van der Waals surface area contributed by atoms with Gasteiger partial charge in [-0.1, -0.05) is 6.07 Å². The van der Waals surface area contributed by atoms with E-state index in [1.807, 2.05) is 29.9 Å². The predicted octanol–water partition coefficient (Wildman–Crippen LogP) is 2.91. The molecule has 132 valence electrons. The quantitative estimate of drug-likeness (QED) is 0.773. The van der Waals surface area contributed by atoms with Crippen molar-refractivity contribution in [2.45, 2.75) is 19.4 Å². The van der Waals surface area contributed by atoms with E-state index in [0.29, 0.717) is 12.2 Å². The highest BCUT2D eigenvalue weighted by Gasteiger charge is 2.27. The van der Waals surface area contributed by atoms with Crippen LogP contribution in [0, 0.1) is 0 Å². The molecule has 2 aromatic heterocycles. The van der Waals surface area contributed by atoms with Crippen LogP contribution in [0.25, 0.3) is 11.3 Å². The number of aryl methyl sites for hydroxylation is 2. The zero-order valence-electron chi connectivity index (χ0n) is 14.2. The summed E-state index contributed by atoms with van der Waals surface area (Å²) in [4.78, 5) is 14.1. The summed E-state index contributed by atoms with van der Waals surface area (Å²) in [6, 6.07) is 7.81. The van der Waals surface area contributed by atoms with E-state index in [9.17, 15) is 4.79 Å². The van der Waals surface area contributed by atoms with Crippen molar-refractivity contribution >= 4 is 17.2 Å². The topological polar surface area (TPSA) is 65.4 Å². The minimum absolute atomic E-state index is 0.141. The van der Waals surface area contributed by atoms with Crippen molar-refractivity contribution in [3.63, 3.8) is 0 Å². The molecule has 0 radical (unpaired) electrons. The molecule has 6 nitrogen and oxygen atoms in total. The van der Waals surface area contributed by atoms with E-state index in [-0.39, 0.29) is 12.7 Å². The SMILES string of the molecule is Cn1nc(C(=O)NCc2ccc3c(c2)OCO3)c2c1-c1ccsc1CC2. The predicted molar refractivity (Wildman–Crippen MR) is 97.7 cm³/mol. The first-order valence-corrected chi connectivity index (χ1v) is 9.38. The Morgan fingerprint density at radius 3 is 3.08 bits per heavy atom. The largest absolute Gasteiger partial charge is 0.454 e. The lowest BCUT2D eigenvalue weighted by molar-refractivity contribution is 0.0944. The van der Waals surface area contributed by atoms with Gasteiger partial charge in [-0.2, -0.15) is 5.10 Å². The molecule has 1 N–H and O–H groups in total. The summed E-state index contributed by atoms with van der Waals surface area (Å²) in [7, 11) is 1.90. The number of carbonyl (C=O) groups is 1. The normalized spacial score (nSPS) is 14.0. The molecule has 5 rings (SSSR count). The molecule has 0 saturated heterocycles. The Kier molecular flexibility index (Phi) is 3.49. The van der Waals surface area contributed by atoms with Crippen LogP contribution < -0.4 is 14.8 Å². The van der Waals surface area contributed by atoms with Gasteiger partial charge < -0.3 is 14.8 Å². The number of fused-ring (bicyclic) bond motifs is 4. The van der Waals surface area contributed by atoms with Gasteiger partial charge in [-0.25, -0.2) is 0 Å². The van der Waals surface area contributed by atoms with E-state index < -0.39 is 0 Å². The number of ether oxygens (including phenoxy) is 2. The Labute approximate surface area is 154 Å². The number of aromatic nitrogens is 2. The van der Waals surface area contributed by atoms with Crippen LogP contribution in [0.4, 0.5) is 0 Å². The van der Waals surface area contributed by atoms with Gasteiger partial charge in [0.1, 0.15) is 0 Å². The average molecular weight is 367 g/mol. The summed E-state index contributed by atoms with van der Waals surface area (Å²) in [5.74, 6) is 1.32. The summed E-state index contributed by atoms with van der Waals surface area (Å²) in [5, 5.41) is 9.59. The second kappa shape index (κ2) is 5.88. The Bertz CT molecular complexity index is 1020. The lowest BCUT2D eigenvalue weighted by atomic mass is 9.94. The molecule has 0 unspecified atom stereocenters. The smallest absolute Gasteiger partial charge is 0.272 e. The lowest BCUT2D eigenvalue weighted by Crippen LogP contribution is -2.24. The molecule has 0 spiro atoms. The van der Waals surface area contributed by atoms with E-state index >= 15 is 0 Å². The van der Waals surface area contributed by atoms with E-state index in [0.717, 1.165) is 41.2 Å². The molecule has 0 bridgehead atoms. The number of hydrogen-bond donors (Lipinski definition) is 1. The Hall–Kier alpha value is -2.80. The maximum Gasteiger partial charge on any atom is 0.272 e. The minimum atomic E-state index is -0.141. The van der Waals surface area contributed by atoms with Gasteiger partial charge in [0.05, 0.1) is 5.69 Å². The third-order valence-corrected chi connectivity index (χ3v) is 5.83. The number of benzene rings is 1. The molecule has 26 heavy (non-hydrogen) atoms. The molecule has 3 aromatic rings. The van der Waals surface area contributed by atoms with E-state index in [1.54, 1.807) is 11.3 Å². The summed E-state index contributed by atoms with van der Waals surface area (Å²) >= 11 is 1.77. The first kappa shape index (κ1) is 15.5. The molecule has 7 heteroatoms. The van der Waals surface area contributed by atoms with Gasteiger partial charge >= 0.3 is 0 Å². The standard InChI is InChI=1S/C19H17N3O3S/c1-22-18-12-6-7-26-16(12)5-3-13(18)17(21-22)19(23)20-9-11-2-4-14-15(8-11)25-10-24-14/h2,4,6-8H,3,5,9-10H2,1H3,(H,20,23). The number of rotatable bonds is 3. The number of amides is 1.